The van der Waals surface area contributed by atoms with Crippen LogP contribution in [0.5, 0.6) is 0 Å². The summed E-state index contributed by atoms with van der Waals surface area (Å²) in [7, 11) is 1.55. The summed E-state index contributed by atoms with van der Waals surface area (Å²) in [6.45, 7) is 4.46. The van der Waals surface area contributed by atoms with E-state index < -0.39 is 17.3 Å². The third kappa shape index (κ3) is 4.11. The number of carboxylic acid groups (broad SMARTS) is 1. The first kappa shape index (κ1) is 16.3. The van der Waals surface area contributed by atoms with E-state index in [9.17, 15) is 14.4 Å². The summed E-state index contributed by atoms with van der Waals surface area (Å²) in [5, 5.41) is 14.2. The van der Waals surface area contributed by atoms with Crippen molar-refractivity contribution in [2.75, 3.05) is 26.7 Å². The molecule has 0 aromatic carbocycles. The van der Waals surface area contributed by atoms with Crippen molar-refractivity contribution in [1.82, 2.24) is 15.5 Å². The van der Waals surface area contributed by atoms with Crippen LogP contribution < -0.4 is 10.6 Å². The van der Waals surface area contributed by atoms with Gasteiger partial charge in [-0.3, -0.25) is 9.59 Å². The standard InChI is InChI=1S/C13H23N3O4/c1-13(2,11(19)14-3)8-15-12(20)16-6-4-5-9(7-16)10(17)18/h9H,4-8H2,1-3H3,(H,14,19)(H,15,20)(H,17,18). The average molecular weight is 285 g/mol. The Morgan fingerprint density at radius 2 is 2.00 bits per heavy atom. The molecule has 0 bridgehead atoms. The number of rotatable bonds is 4. The SMILES string of the molecule is CNC(=O)C(C)(C)CNC(=O)N1CCCC(C(=O)O)C1. The van der Waals surface area contributed by atoms with Crippen molar-refractivity contribution in [3.63, 3.8) is 0 Å². The van der Waals surface area contributed by atoms with E-state index in [2.05, 4.69) is 10.6 Å². The van der Waals surface area contributed by atoms with Gasteiger partial charge in [-0.2, -0.15) is 0 Å². The molecule has 3 N–H and O–H groups in total. The van der Waals surface area contributed by atoms with E-state index in [1.54, 1.807) is 20.9 Å². The molecule has 0 saturated carbocycles. The Bertz CT molecular complexity index is 395. The summed E-state index contributed by atoms with van der Waals surface area (Å²) in [5.74, 6) is -1.52. The van der Waals surface area contributed by atoms with Crippen LogP contribution in [-0.4, -0.2) is 54.6 Å². The van der Waals surface area contributed by atoms with Gasteiger partial charge in [0.15, 0.2) is 0 Å². The molecule has 1 saturated heterocycles. The minimum atomic E-state index is -0.867. The van der Waals surface area contributed by atoms with Gasteiger partial charge in [-0.15, -0.1) is 0 Å². The van der Waals surface area contributed by atoms with Gasteiger partial charge in [0.25, 0.3) is 0 Å². The molecule has 7 nitrogen and oxygen atoms in total. The summed E-state index contributed by atoms with van der Waals surface area (Å²) in [4.78, 5) is 36.1. The number of hydrogen-bond acceptors (Lipinski definition) is 3. The Balaban J connectivity index is 2.50. The fourth-order valence-corrected chi connectivity index (χ4v) is 2.19. The van der Waals surface area contributed by atoms with E-state index in [4.69, 9.17) is 5.11 Å². The summed E-state index contributed by atoms with van der Waals surface area (Å²) in [5.41, 5.74) is -0.702. The van der Waals surface area contributed by atoms with Crippen LogP contribution in [0.3, 0.4) is 0 Å². The van der Waals surface area contributed by atoms with E-state index in [0.29, 0.717) is 19.4 Å². The predicted molar refractivity (Wildman–Crippen MR) is 73.2 cm³/mol. The van der Waals surface area contributed by atoms with Gasteiger partial charge in [-0.25, -0.2) is 4.79 Å². The topological polar surface area (TPSA) is 98.7 Å². The lowest BCUT2D eigenvalue weighted by molar-refractivity contribution is -0.143. The number of amides is 3. The van der Waals surface area contributed by atoms with Crippen LogP contribution in [0, 0.1) is 11.3 Å². The van der Waals surface area contributed by atoms with Gasteiger partial charge < -0.3 is 20.6 Å². The molecule has 0 aliphatic carbocycles. The molecule has 1 heterocycles. The molecule has 1 fully saturated rings. The van der Waals surface area contributed by atoms with E-state index in [0.717, 1.165) is 0 Å². The molecule has 1 rings (SSSR count). The van der Waals surface area contributed by atoms with Crippen LogP contribution in [0.1, 0.15) is 26.7 Å². The van der Waals surface area contributed by atoms with Crippen molar-refractivity contribution in [3.05, 3.63) is 0 Å². The van der Waals surface area contributed by atoms with Crippen LogP contribution >= 0.6 is 0 Å². The second kappa shape index (κ2) is 6.58. The number of piperidine rings is 1. The molecule has 3 amide bonds. The highest BCUT2D eigenvalue weighted by molar-refractivity contribution is 5.83. The largest absolute Gasteiger partial charge is 0.481 e. The number of likely N-dealkylation sites (tertiary alicyclic amines) is 1. The van der Waals surface area contributed by atoms with Gasteiger partial charge in [-0.1, -0.05) is 0 Å². The summed E-state index contributed by atoms with van der Waals surface area (Å²) >= 11 is 0. The molecular formula is C13H23N3O4. The molecule has 0 radical (unpaired) electrons. The predicted octanol–water partition coefficient (Wildman–Crippen LogP) is 0.265. The van der Waals surface area contributed by atoms with Crippen LogP contribution in [0.4, 0.5) is 4.79 Å². The van der Waals surface area contributed by atoms with E-state index >= 15 is 0 Å². The summed E-state index contributed by atoms with van der Waals surface area (Å²) in [6.07, 6.45) is 1.28. The van der Waals surface area contributed by atoms with Gasteiger partial charge >= 0.3 is 12.0 Å². The fraction of sp³-hybridized carbons (Fsp3) is 0.769. The van der Waals surface area contributed by atoms with E-state index in [1.807, 2.05) is 0 Å². The Labute approximate surface area is 118 Å². The number of carboxylic acids is 1. The molecule has 0 aromatic heterocycles. The monoisotopic (exact) mass is 285 g/mol. The Kier molecular flexibility index (Phi) is 5.35. The first-order valence-corrected chi connectivity index (χ1v) is 6.75. The molecule has 7 heteroatoms. The number of carbonyl (C=O) groups excluding carboxylic acids is 2. The molecule has 1 atom stereocenters. The van der Waals surface area contributed by atoms with Crippen molar-refractivity contribution < 1.29 is 19.5 Å². The molecule has 0 spiro atoms. The van der Waals surface area contributed by atoms with Crippen LogP contribution in [0.2, 0.25) is 0 Å². The van der Waals surface area contributed by atoms with Gasteiger partial charge in [0.1, 0.15) is 0 Å². The Hall–Kier alpha value is -1.79. The van der Waals surface area contributed by atoms with Gasteiger partial charge in [0.2, 0.25) is 5.91 Å². The van der Waals surface area contributed by atoms with E-state index in [-0.39, 0.29) is 25.0 Å². The number of aliphatic carboxylic acids is 1. The van der Waals surface area contributed by atoms with E-state index in [1.165, 1.54) is 4.90 Å². The normalized spacial score (nSPS) is 19.4. The minimum Gasteiger partial charge on any atom is -0.481 e. The van der Waals surface area contributed by atoms with Crippen LogP contribution in [0.15, 0.2) is 0 Å². The van der Waals surface area contributed by atoms with Crippen molar-refractivity contribution >= 4 is 17.9 Å². The third-order valence-corrected chi connectivity index (χ3v) is 3.58. The minimum absolute atomic E-state index is 0.153. The Morgan fingerprint density at radius 3 is 2.55 bits per heavy atom. The molecule has 1 aliphatic rings. The number of carbonyl (C=O) groups is 3. The first-order valence-electron chi connectivity index (χ1n) is 6.75. The maximum atomic E-state index is 12.0. The maximum absolute atomic E-state index is 12.0. The summed E-state index contributed by atoms with van der Waals surface area (Å²) in [6, 6.07) is -0.312. The second-order valence-electron chi connectivity index (χ2n) is 5.75. The van der Waals surface area contributed by atoms with Crippen molar-refractivity contribution in [3.8, 4) is 0 Å². The average Bonchev–Trinajstić information content (AvgIpc) is 2.43. The van der Waals surface area contributed by atoms with Crippen molar-refractivity contribution in [2.45, 2.75) is 26.7 Å². The lowest BCUT2D eigenvalue weighted by Crippen LogP contribution is -2.50. The second-order valence-corrected chi connectivity index (χ2v) is 5.75. The third-order valence-electron chi connectivity index (χ3n) is 3.58. The molecular weight excluding hydrogens is 262 g/mol. The van der Waals surface area contributed by atoms with Crippen molar-refractivity contribution in [2.24, 2.45) is 11.3 Å². The lowest BCUT2D eigenvalue weighted by Gasteiger charge is -2.32. The highest BCUT2D eigenvalue weighted by atomic mass is 16.4. The molecule has 20 heavy (non-hydrogen) atoms. The van der Waals surface area contributed by atoms with Gasteiger partial charge in [0.05, 0.1) is 11.3 Å². The quantitative estimate of drug-likeness (QED) is 0.690. The lowest BCUT2D eigenvalue weighted by atomic mass is 9.92. The first-order chi connectivity index (χ1) is 9.27. The zero-order valence-electron chi connectivity index (χ0n) is 12.2. The number of nitrogens with one attached hydrogen (secondary N) is 2. The number of hydrogen-bond donors (Lipinski definition) is 3. The molecule has 0 aromatic rings. The molecule has 114 valence electrons. The zero-order valence-corrected chi connectivity index (χ0v) is 12.2. The smallest absolute Gasteiger partial charge is 0.317 e. The molecule has 1 aliphatic heterocycles. The zero-order chi connectivity index (χ0) is 15.3. The highest BCUT2D eigenvalue weighted by Gasteiger charge is 2.31. The van der Waals surface area contributed by atoms with Gasteiger partial charge in [0, 0.05) is 26.7 Å². The van der Waals surface area contributed by atoms with Crippen molar-refractivity contribution in [1.29, 1.82) is 0 Å². The fourth-order valence-electron chi connectivity index (χ4n) is 2.19. The van der Waals surface area contributed by atoms with Crippen LogP contribution in [-0.2, 0) is 9.59 Å². The number of urea groups is 1. The van der Waals surface area contributed by atoms with Crippen LogP contribution in [0.25, 0.3) is 0 Å². The Morgan fingerprint density at radius 1 is 1.35 bits per heavy atom. The molecule has 1 unspecified atom stereocenters. The maximum Gasteiger partial charge on any atom is 0.317 e. The summed E-state index contributed by atoms with van der Waals surface area (Å²) < 4.78 is 0. The highest BCUT2D eigenvalue weighted by Crippen LogP contribution is 2.17. The van der Waals surface area contributed by atoms with Gasteiger partial charge in [-0.05, 0) is 26.7 Å². The number of nitrogens with zero attached hydrogens (tertiary/aromatic N) is 1.